The maximum absolute atomic E-state index is 14.4. The highest BCUT2D eigenvalue weighted by molar-refractivity contribution is 6.25. The second kappa shape index (κ2) is 9.17. The number of aliphatic hydroxyl groups is 2. The maximum atomic E-state index is 14.4. The number of carbonyl (C=O) groups is 3. The van der Waals surface area contributed by atoms with Crippen molar-refractivity contribution in [1.82, 2.24) is 4.90 Å². The van der Waals surface area contributed by atoms with Crippen molar-refractivity contribution in [2.45, 2.75) is 62.7 Å². The number of nitriles is 1. The topological polar surface area (TPSA) is 243 Å². The molecule has 0 aliphatic heterocycles. The van der Waals surface area contributed by atoms with Crippen LogP contribution in [0.4, 0.5) is 0 Å². The first kappa shape index (κ1) is 28.3. The van der Waals surface area contributed by atoms with Gasteiger partial charge in [-0.05, 0) is 50.9 Å². The second-order valence-electron chi connectivity index (χ2n) is 11.0. The minimum atomic E-state index is -2.68. The van der Waals surface area contributed by atoms with Gasteiger partial charge in [-0.1, -0.05) is 19.4 Å². The highest BCUT2D eigenvalue weighted by Crippen LogP contribution is 2.58. The number of ketones is 2. The highest BCUT2D eigenvalue weighted by atomic mass is 16.3. The van der Waals surface area contributed by atoms with E-state index >= 15 is 0 Å². The Hall–Kier alpha value is -3.76. The molecule has 0 spiro atoms. The minimum absolute atomic E-state index is 0.0271. The first-order valence-electron chi connectivity index (χ1n) is 12.7. The highest BCUT2D eigenvalue weighted by Gasteiger charge is 2.74. The third kappa shape index (κ3) is 3.47. The fraction of sp³-hybridized carbons (Fsp3) is 0.481. The molecule has 208 valence electrons. The van der Waals surface area contributed by atoms with E-state index in [1.165, 1.54) is 19.0 Å². The maximum Gasteiger partial charge on any atom is 0.255 e. The van der Waals surface area contributed by atoms with Crippen LogP contribution in [0, 0.1) is 16.7 Å². The Morgan fingerprint density at radius 2 is 1.85 bits per heavy atom. The van der Waals surface area contributed by atoms with Gasteiger partial charge in [0.15, 0.2) is 17.0 Å². The molecule has 0 bridgehead atoms. The van der Waals surface area contributed by atoms with Crippen molar-refractivity contribution in [2.24, 2.45) is 28.3 Å². The Kier molecular flexibility index (Phi) is 6.64. The molecule has 1 saturated carbocycles. The van der Waals surface area contributed by atoms with E-state index in [2.05, 4.69) is 0 Å². The first-order valence-corrected chi connectivity index (χ1v) is 12.7. The summed E-state index contributed by atoms with van der Waals surface area (Å²) < 4.78 is 0. The standard InChI is InChI=1S/C27H34N6O6/c1-4-5-6-12-7-13(9-28)18(34)15-14(12)8-25(31)10-27(32)21(33(2)3)20(36)16(24(30)39)22(37)26(27,11-29)23(38)17(25)19(15)35/h7,21,34-35,37H,4-6,8-10,28,31-32H2,1-3H3,(H2,30,39)/t21-,25-,26+,27-/m1/s1. The van der Waals surface area contributed by atoms with E-state index in [0.717, 1.165) is 18.4 Å². The summed E-state index contributed by atoms with van der Waals surface area (Å²) in [4.78, 5) is 41.4. The number of likely N-dealkylation sites (N-methyl/N-ethyl adjacent to an activating group) is 1. The van der Waals surface area contributed by atoms with Crippen LogP contribution < -0.4 is 22.9 Å². The van der Waals surface area contributed by atoms with Crippen molar-refractivity contribution in [3.05, 3.63) is 45.2 Å². The zero-order valence-electron chi connectivity index (χ0n) is 22.2. The number of nitrogens with two attached hydrogens (primary N) is 4. The number of hydrogen-bond acceptors (Lipinski definition) is 11. The van der Waals surface area contributed by atoms with Gasteiger partial charge in [0.1, 0.15) is 22.8 Å². The van der Waals surface area contributed by atoms with E-state index in [-0.39, 0.29) is 24.3 Å². The van der Waals surface area contributed by atoms with Gasteiger partial charge < -0.3 is 38.3 Å². The monoisotopic (exact) mass is 538 g/mol. The molecule has 39 heavy (non-hydrogen) atoms. The predicted octanol–water partition coefficient (Wildman–Crippen LogP) is -0.293. The summed E-state index contributed by atoms with van der Waals surface area (Å²) in [5.74, 6) is -5.63. The lowest BCUT2D eigenvalue weighted by molar-refractivity contribution is -0.139. The number of aryl methyl sites for hydroxylation is 1. The predicted molar refractivity (Wildman–Crippen MR) is 141 cm³/mol. The molecule has 3 aliphatic carbocycles. The summed E-state index contributed by atoms with van der Waals surface area (Å²) in [6.07, 6.45) is 1.77. The van der Waals surface area contributed by atoms with Crippen LogP contribution in [0.1, 0.15) is 48.4 Å². The van der Waals surface area contributed by atoms with Crippen LogP contribution in [0.3, 0.4) is 0 Å². The van der Waals surface area contributed by atoms with Gasteiger partial charge in [-0.2, -0.15) is 5.26 Å². The molecule has 12 heteroatoms. The number of hydrogen-bond donors (Lipinski definition) is 7. The van der Waals surface area contributed by atoms with Gasteiger partial charge in [-0.15, -0.1) is 0 Å². The Morgan fingerprint density at radius 3 is 2.36 bits per heavy atom. The van der Waals surface area contributed by atoms with Crippen LogP contribution in [0.2, 0.25) is 0 Å². The summed E-state index contributed by atoms with van der Waals surface area (Å²) in [6, 6.07) is 2.07. The molecule has 0 unspecified atom stereocenters. The van der Waals surface area contributed by atoms with Crippen LogP contribution in [0.15, 0.2) is 23.0 Å². The number of rotatable bonds is 6. The summed E-state index contributed by atoms with van der Waals surface area (Å²) >= 11 is 0. The lowest BCUT2D eigenvalue weighted by Crippen LogP contribution is -2.80. The van der Waals surface area contributed by atoms with Crippen LogP contribution >= 0.6 is 0 Å². The molecule has 4 atom stereocenters. The van der Waals surface area contributed by atoms with Gasteiger partial charge in [0.2, 0.25) is 0 Å². The summed E-state index contributed by atoms with van der Waals surface area (Å²) in [7, 11) is 2.95. The average Bonchev–Trinajstić information content (AvgIpc) is 2.82. The molecular formula is C27H34N6O6. The van der Waals surface area contributed by atoms with E-state index in [1.54, 1.807) is 12.1 Å². The molecule has 12 nitrogen and oxygen atoms in total. The number of benzene rings is 1. The number of phenolic OH excluding ortho intramolecular Hbond substituents is 1. The number of amides is 1. The zero-order chi connectivity index (χ0) is 29.2. The fourth-order valence-electron chi connectivity index (χ4n) is 6.78. The Labute approximate surface area is 225 Å². The Balaban J connectivity index is 2.12. The van der Waals surface area contributed by atoms with E-state index in [4.69, 9.17) is 22.9 Å². The number of phenols is 1. The van der Waals surface area contributed by atoms with E-state index in [1.807, 2.05) is 6.92 Å². The van der Waals surface area contributed by atoms with Gasteiger partial charge in [0.25, 0.3) is 5.91 Å². The van der Waals surface area contributed by atoms with E-state index < -0.39 is 69.1 Å². The minimum Gasteiger partial charge on any atom is -0.509 e. The Bertz CT molecular complexity index is 1420. The smallest absolute Gasteiger partial charge is 0.255 e. The SMILES string of the molecule is CCCCc1cc(CN)c(O)c2c1C[C@@]1(N)C[C@@]3(N)[C@H](N(C)C)C(=O)C(C(N)=O)=C(O)[C@@]3(C#N)C(=O)C1=C2O. The molecule has 0 heterocycles. The number of Topliss-reactive ketones (excluding diaryl/α,β-unsaturated/α-hetero) is 2. The molecule has 0 saturated heterocycles. The molecule has 11 N–H and O–H groups in total. The van der Waals surface area contributed by atoms with Gasteiger partial charge in [0, 0.05) is 12.1 Å². The van der Waals surface area contributed by atoms with Crippen molar-refractivity contribution < 1.29 is 29.7 Å². The third-order valence-electron chi connectivity index (χ3n) is 8.44. The number of aromatic hydroxyl groups is 1. The molecule has 4 rings (SSSR count). The number of aliphatic hydroxyl groups excluding tert-OH is 2. The van der Waals surface area contributed by atoms with Gasteiger partial charge in [-0.25, -0.2) is 0 Å². The summed E-state index contributed by atoms with van der Waals surface area (Å²) in [6.45, 7) is 1.96. The first-order chi connectivity index (χ1) is 18.2. The molecule has 0 radical (unpaired) electrons. The lowest BCUT2D eigenvalue weighted by atomic mass is 9.47. The van der Waals surface area contributed by atoms with E-state index in [0.29, 0.717) is 17.5 Å². The molecule has 1 amide bonds. The number of unbranched alkanes of at least 4 members (excludes halogenated alkanes) is 1. The van der Waals surface area contributed by atoms with Crippen LogP contribution in [0.5, 0.6) is 5.75 Å². The van der Waals surface area contributed by atoms with Gasteiger partial charge in [0.05, 0.1) is 34.3 Å². The largest absolute Gasteiger partial charge is 0.509 e. The molecule has 1 aromatic rings. The van der Waals surface area contributed by atoms with Crippen LogP contribution in [-0.2, 0) is 33.8 Å². The molecular weight excluding hydrogens is 504 g/mol. The van der Waals surface area contributed by atoms with E-state index in [9.17, 15) is 35.0 Å². The number of carbonyl (C=O) groups excluding carboxylic acids is 3. The average molecular weight is 539 g/mol. The summed E-state index contributed by atoms with van der Waals surface area (Å²) in [5.41, 5.74) is 18.7. The Morgan fingerprint density at radius 1 is 1.21 bits per heavy atom. The normalized spacial score (nSPS) is 30.2. The van der Waals surface area contributed by atoms with Crippen molar-refractivity contribution in [2.75, 3.05) is 14.1 Å². The lowest BCUT2D eigenvalue weighted by Gasteiger charge is -2.58. The number of nitrogens with zero attached hydrogens (tertiary/aromatic N) is 2. The van der Waals surface area contributed by atoms with Crippen molar-refractivity contribution in [3.8, 4) is 11.8 Å². The number of primary amides is 1. The van der Waals surface area contributed by atoms with Crippen molar-refractivity contribution in [3.63, 3.8) is 0 Å². The second-order valence-corrected chi connectivity index (χ2v) is 11.0. The van der Waals surface area contributed by atoms with Crippen LogP contribution in [0.25, 0.3) is 5.76 Å². The van der Waals surface area contributed by atoms with Gasteiger partial charge in [-0.3, -0.25) is 19.3 Å². The van der Waals surface area contributed by atoms with Gasteiger partial charge >= 0.3 is 0 Å². The van der Waals surface area contributed by atoms with Crippen LogP contribution in [-0.4, -0.2) is 68.9 Å². The van der Waals surface area contributed by atoms with Crippen molar-refractivity contribution in [1.29, 1.82) is 5.26 Å². The summed E-state index contributed by atoms with van der Waals surface area (Å²) in [5, 5.41) is 44.3. The molecule has 3 aliphatic rings. The molecule has 1 aromatic carbocycles. The third-order valence-corrected chi connectivity index (χ3v) is 8.44. The fourth-order valence-corrected chi connectivity index (χ4v) is 6.78. The molecule has 1 fully saturated rings. The zero-order valence-corrected chi connectivity index (χ0v) is 22.2. The molecule has 0 aromatic heterocycles. The van der Waals surface area contributed by atoms with Crippen molar-refractivity contribution >= 4 is 23.2 Å². The quantitative estimate of drug-likeness (QED) is 0.232. The number of fused-ring (bicyclic) bond motifs is 3.